The first-order valence-electron chi connectivity index (χ1n) is 7.09. The molecule has 0 bridgehead atoms. The first-order chi connectivity index (χ1) is 10.2. The molecule has 3 heteroatoms. The molecule has 0 aliphatic carbocycles. The normalized spacial score (nSPS) is 18.0. The molecule has 1 aliphatic rings. The van der Waals surface area contributed by atoms with Crippen LogP contribution in [0.5, 0.6) is 0 Å². The van der Waals surface area contributed by atoms with E-state index in [2.05, 4.69) is 35.4 Å². The van der Waals surface area contributed by atoms with Crippen molar-refractivity contribution in [2.24, 2.45) is 0 Å². The molecule has 0 amide bonds. The van der Waals surface area contributed by atoms with Gasteiger partial charge in [-0.3, -0.25) is 4.79 Å². The van der Waals surface area contributed by atoms with E-state index < -0.39 is 0 Å². The second-order valence-corrected chi connectivity index (χ2v) is 6.77. The summed E-state index contributed by atoms with van der Waals surface area (Å²) in [4.78, 5) is 16.9. The highest BCUT2D eigenvalue weighted by molar-refractivity contribution is 7.99. The Hall–Kier alpha value is -2.00. The van der Waals surface area contributed by atoms with E-state index in [1.54, 1.807) is 11.8 Å². The lowest BCUT2D eigenvalue weighted by Gasteiger charge is -2.23. The van der Waals surface area contributed by atoms with Crippen molar-refractivity contribution >= 4 is 28.4 Å². The summed E-state index contributed by atoms with van der Waals surface area (Å²) in [7, 11) is 0. The van der Waals surface area contributed by atoms with E-state index in [1.807, 2.05) is 25.1 Å². The Labute approximate surface area is 127 Å². The highest BCUT2D eigenvalue weighted by Gasteiger charge is 2.28. The van der Waals surface area contributed by atoms with Crippen molar-refractivity contribution < 1.29 is 4.79 Å². The number of para-hydroxylation sites is 1. The van der Waals surface area contributed by atoms with Gasteiger partial charge in [0.1, 0.15) is 0 Å². The summed E-state index contributed by atoms with van der Waals surface area (Å²) in [5.41, 5.74) is 4.40. The molecule has 21 heavy (non-hydrogen) atoms. The highest BCUT2D eigenvalue weighted by Crippen LogP contribution is 2.46. The van der Waals surface area contributed by atoms with Crippen LogP contribution in [0.2, 0.25) is 0 Å². The van der Waals surface area contributed by atoms with Gasteiger partial charge in [-0.05, 0) is 30.7 Å². The van der Waals surface area contributed by atoms with Gasteiger partial charge in [0.15, 0.2) is 5.78 Å². The summed E-state index contributed by atoms with van der Waals surface area (Å²) >= 11 is 1.80. The number of H-pyrrole nitrogens is 1. The number of benzene rings is 2. The minimum absolute atomic E-state index is 0.198. The van der Waals surface area contributed by atoms with Gasteiger partial charge in [-0.2, -0.15) is 0 Å². The van der Waals surface area contributed by atoms with E-state index in [1.165, 1.54) is 10.9 Å². The maximum Gasteiger partial charge on any atom is 0.165 e. The van der Waals surface area contributed by atoms with Crippen LogP contribution in [0.1, 0.15) is 33.2 Å². The lowest BCUT2D eigenvalue weighted by atomic mass is 10.00. The Kier molecular flexibility index (Phi) is 2.89. The van der Waals surface area contributed by atoms with E-state index in [9.17, 15) is 4.79 Å². The number of Topliss-reactive ketones (excluding diaryl/α,β-unsaturated/α-hetero) is 1. The van der Waals surface area contributed by atoms with Crippen LogP contribution in [-0.4, -0.2) is 10.8 Å². The van der Waals surface area contributed by atoms with Gasteiger partial charge < -0.3 is 4.98 Å². The van der Waals surface area contributed by atoms with Crippen LogP contribution in [0.15, 0.2) is 53.6 Å². The van der Waals surface area contributed by atoms with Gasteiger partial charge in [-0.1, -0.05) is 29.8 Å². The number of thioether (sulfide) groups is 1. The van der Waals surface area contributed by atoms with Gasteiger partial charge in [0, 0.05) is 39.2 Å². The van der Waals surface area contributed by atoms with Crippen LogP contribution < -0.4 is 0 Å². The molecule has 1 aliphatic heterocycles. The maximum absolute atomic E-state index is 12.5. The molecule has 0 spiro atoms. The zero-order valence-electron chi connectivity index (χ0n) is 11.7. The molecule has 0 saturated carbocycles. The number of carbonyl (C=O) groups is 1. The van der Waals surface area contributed by atoms with Gasteiger partial charge in [-0.15, -0.1) is 11.8 Å². The average molecular weight is 293 g/mol. The molecular formula is C18H15NOS. The SMILES string of the molecule is Cc1ccc2c(c1)C(=O)CC(c1c[nH]c3ccccc13)S2. The number of hydrogen-bond acceptors (Lipinski definition) is 2. The zero-order chi connectivity index (χ0) is 14.4. The molecule has 1 N–H and O–H groups in total. The van der Waals surface area contributed by atoms with Gasteiger partial charge in [-0.25, -0.2) is 0 Å². The molecule has 0 fully saturated rings. The lowest BCUT2D eigenvalue weighted by Crippen LogP contribution is -2.12. The molecular weight excluding hydrogens is 278 g/mol. The monoisotopic (exact) mass is 293 g/mol. The van der Waals surface area contributed by atoms with Gasteiger partial charge in [0.25, 0.3) is 0 Å². The van der Waals surface area contributed by atoms with Crippen molar-refractivity contribution in [3.63, 3.8) is 0 Å². The van der Waals surface area contributed by atoms with Crippen LogP contribution in [0.3, 0.4) is 0 Å². The first-order valence-corrected chi connectivity index (χ1v) is 7.97. The number of nitrogens with one attached hydrogen (secondary N) is 1. The molecule has 2 nitrogen and oxygen atoms in total. The van der Waals surface area contributed by atoms with Crippen molar-refractivity contribution in [1.29, 1.82) is 0 Å². The molecule has 0 radical (unpaired) electrons. The molecule has 1 unspecified atom stereocenters. The molecule has 0 saturated heterocycles. The van der Waals surface area contributed by atoms with Crippen LogP contribution in [0.4, 0.5) is 0 Å². The number of hydrogen-bond donors (Lipinski definition) is 1. The second-order valence-electron chi connectivity index (χ2n) is 5.52. The molecule has 2 heterocycles. The summed E-state index contributed by atoms with van der Waals surface area (Å²) in [6.07, 6.45) is 2.62. The fourth-order valence-corrected chi connectivity index (χ4v) is 4.28. The summed E-state index contributed by atoms with van der Waals surface area (Å²) in [5, 5.41) is 1.42. The predicted molar refractivity (Wildman–Crippen MR) is 87.0 cm³/mol. The average Bonchev–Trinajstić information content (AvgIpc) is 2.92. The minimum atomic E-state index is 0.198. The first kappa shape index (κ1) is 12.7. The summed E-state index contributed by atoms with van der Waals surface area (Å²) in [6, 6.07) is 14.4. The number of aromatic amines is 1. The summed E-state index contributed by atoms with van der Waals surface area (Å²) in [6.45, 7) is 2.03. The van der Waals surface area contributed by atoms with E-state index in [0.717, 1.165) is 21.5 Å². The van der Waals surface area contributed by atoms with E-state index >= 15 is 0 Å². The van der Waals surface area contributed by atoms with Crippen molar-refractivity contribution in [3.05, 3.63) is 65.4 Å². The standard InChI is InChI=1S/C18H15NOS/c1-11-6-7-17-13(8-11)16(20)9-18(21-17)14-10-19-15-5-3-2-4-12(14)15/h2-8,10,18-19H,9H2,1H3. The molecule has 104 valence electrons. The minimum Gasteiger partial charge on any atom is -0.361 e. The quantitative estimate of drug-likeness (QED) is 0.692. The predicted octanol–water partition coefficient (Wildman–Crippen LogP) is 4.90. The Balaban J connectivity index is 1.78. The number of ketones is 1. The topological polar surface area (TPSA) is 32.9 Å². The molecule has 3 aromatic rings. The molecule has 1 atom stereocenters. The fourth-order valence-electron chi connectivity index (χ4n) is 2.97. The number of aryl methyl sites for hydroxylation is 1. The zero-order valence-corrected chi connectivity index (χ0v) is 12.5. The van der Waals surface area contributed by atoms with E-state index in [-0.39, 0.29) is 11.0 Å². The maximum atomic E-state index is 12.5. The third kappa shape index (κ3) is 2.09. The Morgan fingerprint density at radius 3 is 2.95 bits per heavy atom. The van der Waals surface area contributed by atoms with E-state index in [0.29, 0.717) is 6.42 Å². The van der Waals surface area contributed by atoms with Crippen molar-refractivity contribution in [2.75, 3.05) is 0 Å². The Morgan fingerprint density at radius 2 is 2.05 bits per heavy atom. The Bertz CT molecular complexity index is 849. The molecule has 1 aromatic heterocycles. The summed E-state index contributed by atoms with van der Waals surface area (Å²) < 4.78 is 0. The van der Waals surface area contributed by atoms with Crippen LogP contribution >= 0.6 is 11.8 Å². The van der Waals surface area contributed by atoms with Crippen molar-refractivity contribution in [2.45, 2.75) is 23.5 Å². The molecule has 4 rings (SSSR count). The largest absolute Gasteiger partial charge is 0.361 e. The van der Waals surface area contributed by atoms with Gasteiger partial charge >= 0.3 is 0 Å². The Morgan fingerprint density at radius 1 is 1.19 bits per heavy atom. The number of aromatic nitrogens is 1. The van der Waals surface area contributed by atoms with Crippen LogP contribution in [-0.2, 0) is 0 Å². The third-order valence-corrected chi connectivity index (χ3v) is 5.36. The smallest absolute Gasteiger partial charge is 0.165 e. The number of fused-ring (bicyclic) bond motifs is 2. The fraction of sp³-hybridized carbons (Fsp3) is 0.167. The van der Waals surface area contributed by atoms with Gasteiger partial charge in [0.2, 0.25) is 0 Å². The van der Waals surface area contributed by atoms with Crippen LogP contribution in [0.25, 0.3) is 10.9 Å². The summed E-state index contributed by atoms with van der Waals surface area (Å²) in [5.74, 6) is 0.253. The second kappa shape index (κ2) is 4.78. The third-order valence-electron chi connectivity index (χ3n) is 4.04. The highest BCUT2D eigenvalue weighted by atomic mass is 32.2. The van der Waals surface area contributed by atoms with E-state index in [4.69, 9.17) is 0 Å². The van der Waals surface area contributed by atoms with Crippen LogP contribution in [0, 0.1) is 6.92 Å². The number of rotatable bonds is 1. The number of carbonyl (C=O) groups excluding carboxylic acids is 1. The van der Waals surface area contributed by atoms with Crippen molar-refractivity contribution in [3.8, 4) is 0 Å². The van der Waals surface area contributed by atoms with Crippen molar-refractivity contribution in [1.82, 2.24) is 4.98 Å². The van der Waals surface area contributed by atoms with Gasteiger partial charge in [0.05, 0.1) is 0 Å². The lowest BCUT2D eigenvalue weighted by molar-refractivity contribution is 0.0976. The molecule has 2 aromatic carbocycles.